The molecule has 2 saturated carbocycles. The summed E-state index contributed by atoms with van der Waals surface area (Å²) >= 11 is 33.3. The van der Waals surface area contributed by atoms with Crippen LogP contribution in [0.1, 0.15) is 80.9 Å². The SMILES string of the molecule is COC(=O)c1cn(C)c2cc(N3CCN(CCc4c(-c5ccccc5OC)noc4C4CC4)CC3)ccc12.COc1ccccc1-c1noc(C2CC2)c1CCN1CCN(c2ccc3c(C(=O)O)cn(C)c3c2)CC1.II(I)I(I)I(I)I(I)I(I)I(I)I(I)I(I)I(I)I. The minimum atomic E-state index is -0.890. The second-order valence-electron chi connectivity index (χ2n) is 21.8. The number of aromatic carboxylic acids is 1. The number of esters is 1. The van der Waals surface area contributed by atoms with E-state index in [1.807, 2.05) is 84.0 Å². The molecule has 4 aliphatic rings. The van der Waals surface area contributed by atoms with Gasteiger partial charge in [-0.3, -0.25) is 9.80 Å². The number of carbonyl (C=O) groups excluding carboxylic acids is 1. The van der Waals surface area contributed by atoms with Crippen LogP contribution in [0.4, 0.5) is 11.4 Å². The molecule has 2 aliphatic heterocycles. The van der Waals surface area contributed by atoms with E-state index in [4.69, 9.17) is 23.3 Å². The van der Waals surface area contributed by atoms with Gasteiger partial charge in [0.15, 0.2) is 0 Å². The Kier molecular flexibility index (Phi) is 36.5. The van der Waals surface area contributed by atoms with Crippen molar-refractivity contribution in [1.82, 2.24) is 29.2 Å². The van der Waals surface area contributed by atoms with Gasteiger partial charge in [0.25, 0.3) is 0 Å². The summed E-state index contributed by atoms with van der Waals surface area (Å²) in [5, 5.41) is 20.2. The third kappa shape index (κ3) is 22.3. The zero-order chi connectivity index (χ0) is 67.9. The van der Waals surface area contributed by atoms with Gasteiger partial charge in [-0.15, -0.1) is 0 Å². The topological polar surface area (TPSA) is 157 Å². The number of halogens is 20. The molecule has 2 saturated heterocycles. The second-order valence-corrected chi connectivity index (χ2v) is 460. The Bertz CT molecular complexity index is 3890. The van der Waals surface area contributed by atoms with Gasteiger partial charge in [0, 0.05) is 148 Å². The van der Waals surface area contributed by atoms with Gasteiger partial charge in [-0.25, -0.2) is 9.59 Å². The molecule has 4 aromatic heterocycles. The van der Waals surface area contributed by atoms with Crippen LogP contribution in [0.15, 0.2) is 106 Å². The number of aromatic nitrogens is 4. The summed E-state index contributed by atoms with van der Waals surface area (Å²) in [5.41, 5.74) is 11.5. The third-order valence-corrected chi connectivity index (χ3v) is 1340. The number of hydrogen-bond acceptors (Lipinski definition) is 13. The van der Waals surface area contributed by atoms with E-state index in [0.717, 1.165) is 151 Å². The van der Waals surface area contributed by atoms with Crippen molar-refractivity contribution in [2.75, 3.05) is 96.6 Å². The molecular formula is C59H66I20N8O8. The number of benzene rings is 4. The molecule has 2 aliphatic carbocycles. The minimum absolute atomic E-state index is 0.302. The van der Waals surface area contributed by atoms with Crippen LogP contribution >= 0.6 is 276 Å². The van der Waals surface area contributed by atoms with Crippen molar-refractivity contribution in [3.63, 3.8) is 0 Å². The number of nitrogens with zero attached hydrogens (tertiary/aromatic N) is 8. The maximum atomic E-state index is 12.1. The molecule has 6 heterocycles. The molecule has 0 radical (unpaired) electrons. The van der Waals surface area contributed by atoms with Gasteiger partial charge in [0.1, 0.15) is 34.4 Å². The van der Waals surface area contributed by atoms with Crippen molar-refractivity contribution >= 4 is 321 Å². The average molecular weight is 3550 g/mol. The molecule has 8 aromatic rings. The van der Waals surface area contributed by atoms with Crippen LogP contribution in [0.3, 0.4) is 0 Å². The Morgan fingerprint density at radius 3 is 1.24 bits per heavy atom. The quantitative estimate of drug-likeness (QED) is 0.0450. The molecule has 0 unspecified atom stereocenters. The van der Waals surface area contributed by atoms with Crippen LogP contribution in [-0.2, 0) is 31.7 Å². The maximum absolute atomic E-state index is 12.1. The zero-order valence-electron chi connectivity index (χ0n) is 51.1. The van der Waals surface area contributed by atoms with E-state index in [2.05, 4.69) is 265 Å². The Hall–Kier alpha value is 7.04. The van der Waals surface area contributed by atoms with Crippen LogP contribution < -0.4 is 19.3 Å². The standard InChI is InChI=1S/C30H34N4O4.C29H32N4O4.I20/c1-32-19-25(30(35)37-3)22-11-10-21(18-26(22)32)34-16-14-33(15-17-34)13-12-24-28(31-38-29(24)20-8-9-20)23-6-4-5-7-27(23)36-2;1-31-18-24(29(34)35)21-10-9-20(17-25(21)31)33-15-13-32(14-16-33)12-11-23-27(30-37-28(23)19-7-8-19)22-5-3-4-6-26(22)36-2;1-12(2)14(5)16(7)18(9)20(11)19(10)17(8)15(6)13(3)4/h4-7,10-11,18-20H,8-9,12-17H2,1-3H3;3-6,9-10,17-19H,7-8,11-16H2,1-2H3,(H,34,35);. The van der Waals surface area contributed by atoms with Gasteiger partial charge >= 0.3 is 288 Å². The first-order valence-corrected chi connectivity index (χ1v) is 148. The van der Waals surface area contributed by atoms with E-state index in [1.54, 1.807) is 20.4 Å². The molecule has 0 spiro atoms. The van der Waals surface area contributed by atoms with Crippen LogP contribution in [0, 0.1) is 0 Å². The predicted molar refractivity (Wildman–Crippen MR) is 570 cm³/mol. The second kappa shape index (κ2) is 41.0. The van der Waals surface area contributed by atoms with Gasteiger partial charge in [0.2, 0.25) is 0 Å². The van der Waals surface area contributed by atoms with Crippen molar-refractivity contribution in [2.24, 2.45) is 14.1 Å². The van der Waals surface area contributed by atoms with E-state index in [1.165, 1.54) is 49.6 Å². The first-order chi connectivity index (χ1) is 45.6. The van der Waals surface area contributed by atoms with Crippen LogP contribution in [0.25, 0.3) is 44.3 Å². The van der Waals surface area contributed by atoms with Crippen molar-refractivity contribution in [3.8, 4) is 34.0 Å². The fraction of sp³-hybridized carbons (Fsp3) is 0.390. The number of carboxylic acid groups (broad SMARTS) is 1. The Balaban J connectivity index is 0.000000164. The normalized spacial score (nSPS) is 16.7. The molecule has 0 atom stereocenters. The van der Waals surface area contributed by atoms with Crippen LogP contribution in [0.2, 0.25) is 0 Å². The van der Waals surface area contributed by atoms with Crippen molar-refractivity contribution in [1.29, 1.82) is 0 Å². The number of piperazine rings is 2. The van der Waals surface area contributed by atoms with E-state index in [-0.39, 0.29) is 21.8 Å². The Morgan fingerprint density at radius 2 is 0.884 bits per heavy atom. The van der Waals surface area contributed by atoms with Crippen molar-refractivity contribution in [3.05, 3.63) is 131 Å². The summed E-state index contributed by atoms with van der Waals surface area (Å²) in [5.74, 6) is 3.57. The Morgan fingerprint density at radius 1 is 0.516 bits per heavy atom. The molecule has 36 heteroatoms. The number of rotatable bonds is 24. The van der Waals surface area contributed by atoms with E-state index < -0.39 is 61.2 Å². The molecular weight excluding hydrogens is 3490 g/mol. The number of aryl methyl sites for hydroxylation is 2. The summed E-state index contributed by atoms with van der Waals surface area (Å²) in [4.78, 5) is 33.5. The molecule has 1 N–H and O–H groups in total. The number of para-hydroxylation sites is 2. The predicted octanol–water partition coefficient (Wildman–Crippen LogP) is 27.4. The van der Waals surface area contributed by atoms with Gasteiger partial charge < -0.3 is 47.3 Å². The molecule has 0 bridgehead atoms. The first kappa shape index (κ1) is 84.5. The van der Waals surface area contributed by atoms with Crippen molar-refractivity contribution in [2.45, 2.75) is 50.4 Å². The molecule has 4 aromatic carbocycles. The first-order valence-electron chi connectivity index (χ1n) is 29.0. The molecule has 16 nitrogen and oxygen atoms in total. The zero-order valence-corrected chi connectivity index (χ0v) is 94.3. The summed E-state index contributed by atoms with van der Waals surface area (Å²) < 4.78 is 31.8. The number of hydrogen-bond donors (Lipinski definition) is 1. The average Bonchev–Trinajstić information content (AvgIpc) is 1.68. The van der Waals surface area contributed by atoms with E-state index in [9.17, 15) is 14.7 Å². The third-order valence-electron chi connectivity index (χ3n) is 16.3. The number of ether oxygens (including phenoxy) is 3. The Labute approximate surface area is 696 Å². The molecule has 12 rings (SSSR count). The van der Waals surface area contributed by atoms with Crippen molar-refractivity contribution < 1.29 is 38.0 Å². The monoisotopic (exact) mass is 3550 g/mol. The summed E-state index contributed by atoms with van der Waals surface area (Å²) in [6.07, 6.45) is 10.0. The molecule has 95 heavy (non-hydrogen) atoms. The number of carboxylic acids is 1. The summed E-state index contributed by atoms with van der Waals surface area (Å²) in [6.45, 7) is 9.63. The van der Waals surface area contributed by atoms with Crippen LogP contribution in [-0.4, -0.2) is 133 Å². The summed E-state index contributed by atoms with van der Waals surface area (Å²) in [7, 11) is 5.03. The van der Waals surface area contributed by atoms with E-state index in [0.29, 0.717) is 23.0 Å². The summed E-state index contributed by atoms with van der Waals surface area (Å²) in [6, 6.07) is 28.5. The number of methoxy groups -OCH3 is 3. The van der Waals surface area contributed by atoms with Gasteiger partial charge in [-0.2, -0.15) is 0 Å². The molecule has 4 fully saturated rings. The molecule has 530 valence electrons. The van der Waals surface area contributed by atoms with Gasteiger partial charge in [-0.1, -0.05) is 34.6 Å². The number of anilines is 2. The number of fused-ring (bicyclic) bond motifs is 2. The van der Waals surface area contributed by atoms with E-state index >= 15 is 0 Å². The van der Waals surface area contributed by atoms with Crippen LogP contribution in [0.5, 0.6) is 11.5 Å². The fourth-order valence-corrected chi connectivity index (χ4v) is 2950. The van der Waals surface area contributed by atoms with Gasteiger partial charge in [0.05, 0.1) is 43.5 Å². The van der Waals surface area contributed by atoms with Gasteiger partial charge in [-0.05, 0) is 99.2 Å². The fourth-order valence-electron chi connectivity index (χ4n) is 11.4. The molecule has 0 amide bonds. The number of carbonyl (C=O) groups is 2.